The van der Waals surface area contributed by atoms with Crippen LogP contribution in [-0.2, 0) is 19.6 Å². The lowest BCUT2D eigenvalue weighted by atomic mass is 10.3. The van der Waals surface area contributed by atoms with Crippen molar-refractivity contribution in [2.45, 2.75) is 19.9 Å². The number of nitrogens with one attached hydrogen (secondary N) is 1. The lowest BCUT2D eigenvalue weighted by Crippen LogP contribution is -2.53. The van der Waals surface area contributed by atoms with Gasteiger partial charge >= 0.3 is 0 Å². The molecule has 9 heteroatoms. The number of carbonyl (C=O) groups is 2. The van der Waals surface area contributed by atoms with E-state index in [1.165, 1.54) is 7.05 Å². The van der Waals surface area contributed by atoms with Crippen molar-refractivity contribution in [2.75, 3.05) is 52.6 Å². The monoisotopic (exact) mass is 334 g/mol. The summed E-state index contributed by atoms with van der Waals surface area (Å²) in [5, 5.41) is 2.83. The van der Waals surface area contributed by atoms with Crippen LogP contribution >= 0.6 is 0 Å². The Morgan fingerprint density at radius 2 is 1.73 bits per heavy atom. The summed E-state index contributed by atoms with van der Waals surface area (Å²) in [5.41, 5.74) is 0. The van der Waals surface area contributed by atoms with Gasteiger partial charge in [-0.3, -0.25) is 14.5 Å². The molecule has 1 saturated heterocycles. The molecule has 1 aliphatic heterocycles. The first kappa shape index (κ1) is 18.9. The summed E-state index contributed by atoms with van der Waals surface area (Å²) < 4.78 is 23.7. The molecule has 1 heterocycles. The molecule has 0 radical (unpaired) electrons. The summed E-state index contributed by atoms with van der Waals surface area (Å²) in [4.78, 5) is 27.4. The SMILES string of the molecule is CC(C)NC(=O)CN1CCN(C(=O)CN(C)S(C)(=O)=O)CC1. The number of rotatable bonds is 6. The van der Waals surface area contributed by atoms with Gasteiger partial charge < -0.3 is 10.2 Å². The van der Waals surface area contributed by atoms with Crippen LogP contribution in [0, 0.1) is 0 Å². The lowest BCUT2D eigenvalue weighted by molar-refractivity contribution is -0.133. The average Bonchev–Trinajstić information content (AvgIpc) is 2.37. The van der Waals surface area contributed by atoms with Gasteiger partial charge in [0, 0.05) is 39.3 Å². The molecule has 2 amide bonds. The minimum atomic E-state index is -3.35. The lowest BCUT2D eigenvalue weighted by Gasteiger charge is -2.35. The van der Waals surface area contributed by atoms with E-state index in [9.17, 15) is 18.0 Å². The van der Waals surface area contributed by atoms with E-state index in [0.717, 1.165) is 10.6 Å². The van der Waals surface area contributed by atoms with Gasteiger partial charge in [-0.05, 0) is 13.8 Å². The first-order chi connectivity index (χ1) is 10.1. The number of hydrogen-bond donors (Lipinski definition) is 1. The Balaban J connectivity index is 2.39. The fraction of sp³-hybridized carbons (Fsp3) is 0.846. The van der Waals surface area contributed by atoms with Gasteiger partial charge in [0.25, 0.3) is 0 Å². The van der Waals surface area contributed by atoms with Crippen LogP contribution < -0.4 is 5.32 Å². The third kappa shape index (κ3) is 6.29. The van der Waals surface area contributed by atoms with Crippen LogP contribution in [0.1, 0.15) is 13.8 Å². The zero-order valence-electron chi connectivity index (χ0n) is 13.7. The van der Waals surface area contributed by atoms with Crippen molar-refractivity contribution >= 4 is 21.8 Å². The van der Waals surface area contributed by atoms with E-state index in [2.05, 4.69) is 5.32 Å². The highest BCUT2D eigenvalue weighted by Gasteiger charge is 2.24. The van der Waals surface area contributed by atoms with E-state index >= 15 is 0 Å². The maximum atomic E-state index is 12.1. The molecule has 8 nitrogen and oxygen atoms in total. The standard InChI is InChI=1S/C13H26N4O4S/c1-11(2)14-12(18)9-16-5-7-17(8-6-16)13(19)10-15(3)22(4,20)21/h11H,5-10H2,1-4H3,(H,14,18). The third-order valence-corrected chi connectivity index (χ3v) is 4.73. The van der Waals surface area contributed by atoms with Gasteiger partial charge in [0.1, 0.15) is 0 Å². The average molecular weight is 334 g/mol. The first-order valence-corrected chi connectivity index (χ1v) is 9.15. The molecule has 0 bridgehead atoms. The Kier molecular flexibility index (Phi) is 6.76. The summed E-state index contributed by atoms with van der Waals surface area (Å²) in [6, 6.07) is 0.113. The van der Waals surface area contributed by atoms with E-state index in [-0.39, 0.29) is 24.4 Å². The van der Waals surface area contributed by atoms with Crippen molar-refractivity contribution in [2.24, 2.45) is 0 Å². The maximum Gasteiger partial charge on any atom is 0.237 e. The van der Waals surface area contributed by atoms with Crippen LogP contribution in [-0.4, -0.2) is 93.0 Å². The molecule has 1 aliphatic rings. The minimum Gasteiger partial charge on any atom is -0.353 e. The van der Waals surface area contributed by atoms with E-state index < -0.39 is 10.0 Å². The summed E-state index contributed by atoms with van der Waals surface area (Å²) in [6.07, 6.45) is 1.07. The fourth-order valence-corrected chi connectivity index (χ4v) is 2.48. The van der Waals surface area contributed by atoms with Gasteiger partial charge in [-0.1, -0.05) is 0 Å². The molecule has 0 aromatic rings. The Hall–Kier alpha value is -1.19. The van der Waals surface area contributed by atoms with Gasteiger partial charge in [0.2, 0.25) is 21.8 Å². The molecule has 0 saturated carbocycles. The smallest absolute Gasteiger partial charge is 0.237 e. The highest BCUT2D eigenvalue weighted by atomic mass is 32.2. The van der Waals surface area contributed by atoms with Crippen molar-refractivity contribution in [3.8, 4) is 0 Å². The van der Waals surface area contributed by atoms with Gasteiger partial charge in [0.15, 0.2) is 0 Å². The summed E-state index contributed by atoms with van der Waals surface area (Å²) in [6.45, 7) is 6.23. The fourth-order valence-electron chi connectivity index (χ4n) is 2.13. The van der Waals surface area contributed by atoms with E-state index in [4.69, 9.17) is 0 Å². The number of amides is 2. The molecule has 128 valence electrons. The van der Waals surface area contributed by atoms with Crippen LogP contribution in [0.2, 0.25) is 0 Å². The van der Waals surface area contributed by atoms with Gasteiger partial charge in [0.05, 0.1) is 19.3 Å². The van der Waals surface area contributed by atoms with E-state index in [1.807, 2.05) is 18.7 Å². The van der Waals surface area contributed by atoms with Crippen molar-refractivity contribution in [3.05, 3.63) is 0 Å². The largest absolute Gasteiger partial charge is 0.353 e. The normalized spacial score (nSPS) is 17.1. The number of hydrogen-bond acceptors (Lipinski definition) is 5. The Bertz CT molecular complexity index is 498. The predicted octanol–water partition coefficient (Wildman–Crippen LogP) is -1.45. The third-order valence-electron chi connectivity index (χ3n) is 3.47. The van der Waals surface area contributed by atoms with Crippen LogP contribution in [0.3, 0.4) is 0 Å². The van der Waals surface area contributed by atoms with E-state index in [0.29, 0.717) is 32.7 Å². The van der Waals surface area contributed by atoms with Crippen molar-refractivity contribution in [1.29, 1.82) is 0 Å². The first-order valence-electron chi connectivity index (χ1n) is 7.30. The highest BCUT2D eigenvalue weighted by Crippen LogP contribution is 2.04. The number of likely N-dealkylation sites (N-methyl/N-ethyl adjacent to an activating group) is 1. The Morgan fingerprint density at radius 3 is 2.18 bits per heavy atom. The molecule has 0 unspecified atom stereocenters. The number of nitrogens with zero attached hydrogens (tertiary/aromatic N) is 3. The molecule has 0 aromatic heterocycles. The molecule has 1 fully saturated rings. The molecule has 0 atom stereocenters. The van der Waals surface area contributed by atoms with Crippen LogP contribution in [0.4, 0.5) is 0 Å². The summed E-state index contributed by atoms with van der Waals surface area (Å²) >= 11 is 0. The minimum absolute atomic E-state index is 0.0217. The molecule has 0 spiro atoms. The van der Waals surface area contributed by atoms with Crippen LogP contribution in [0.25, 0.3) is 0 Å². The van der Waals surface area contributed by atoms with Crippen molar-refractivity contribution in [1.82, 2.24) is 19.4 Å². The summed E-state index contributed by atoms with van der Waals surface area (Å²) in [5.74, 6) is -0.231. The van der Waals surface area contributed by atoms with Crippen molar-refractivity contribution < 1.29 is 18.0 Å². The Morgan fingerprint density at radius 1 is 1.18 bits per heavy atom. The topological polar surface area (TPSA) is 90.0 Å². The number of piperazine rings is 1. The van der Waals surface area contributed by atoms with Gasteiger partial charge in [-0.2, -0.15) is 4.31 Å². The molecule has 0 aliphatic carbocycles. The Labute approximate surface area is 132 Å². The molecule has 1 rings (SSSR count). The van der Waals surface area contributed by atoms with Crippen molar-refractivity contribution in [3.63, 3.8) is 0 Å². The summed E-state index contributed by atoms with van der Waals surface area (Å²) in [7, 11) is -1.96. The van der Waals surface area contributed by atoms with Gasteiger partial charge in [-0.15, -0.1) is 0 Å². The number of carbonyl (C=O) groups excluding carboxylic acids is 2. The second kappa shape index (κ2) is 7.89. The molecule has 22 heavy (non-hydrogen) atoms. The van der Waals surface area contributed by atoms with Crippen LogP contribution in [0.5, 0.6) is 0 Å². The molecule has 0 aromatic carbocycles. The second-order valence-corrected chi connectivity index (χ2v) is 7.99. The molecule has 1 N–H and O–H groups in total. The zero-order chi connectivity index (χ0) is 16.9. The quantitative estimate of drug-likeness (QED) is 0.642. The van der Waals surface area contributed by atoms with E-state index in [1.54, 1.807) is 4.90 Å². The molecular weight excluding hydrogens is 308 g/mol. The van der Waals surface area contributed by atoms with Crippen LogP contribution in [0.15, 0.2) is 0 Å². The maximum absolute atomic E-state index is 12.1. The number of sulfonamides is 1. The zero-order valence-corrected chi connectivity index (χ0v) is 14.5. The second-order valence-electron chi connectivity index (χ2n) is 5.90. The highest BCUT2D eigenvalue weighted by molar-refractivity contribution is 7.88. The predicted molar refractivity (Wildman–Crippen MR) is 83.8 cm³/mol. The molecular formula is C13H26N4O4S. The van der Waals surface area contributed by atoms with Gasteiger partial charge in [-0.25, -0.2) is 8.42 Å².